The summed E-state index contributed by atoms with van der Waals surface area (Å²) in [7, 11) is 0. The third-order valence-electron chi connectivity index (χ3n) is 2.44. The molecule has 0 unspecified atom stereocenters. The molecule has 0 aliphatic rings. The van der Waals surface area contributed by atoms with E-state index in [0.29, 0.717) is 10.4 Å². The zero-order valence-corrected chi connectivity index (χ0v) is 10.1. The summed E-state index contributed by atoms with van der Waals surface area (Å²) in [5, 5.41) is 14.9. The van der Waals surface area contributed by atoms with Crippen LogP contribution >= 0.6 is 11.3 Å². The second-order valence-electron chi connectivity index (χ2n) is 3.69. The maximum absolute atomic E-state index is 13.1. The van der Waals surface area contributed by atoms with Gasteiger partial charge in [-0.15, -0.1) is 11.3 Å². The number of nitrogens with zero attached hydrogens (tertiary/aromatic N) is 2. The molecule has 96 valence electrons. The lowest BCUT2D eigenvalue weighted by Crippen LogP contribution is -1.86. The minimum atomic E-state index is -0.983. The van der Waals surface area contributed by atoms with E-state index in [1.54, 1.807) is 5.38 Å². The first-order chi connectivity index (χ1) is 9.15. The predicted octanol–water partition coefficient (Wildman–Crippen LogP) is 3.45. The number of aromatic nitrogens is 2. The van der Waals surface area contributed by atoms with Crippen molar-refractivity contribution in [2.24, 2.45) is 0 Å². The van der Waals surface area contributed by atoms with Crippen LogP contribution in [0.5, 0.6) is 5.75 Å². The van der Waals surface area contributed by atoms with Gasteiger partial charge in [0.25, 0.3) is 5.89 Å². The van der Waals surface area contributed by atoms with Crippen LogP contribution < -0.4 is 0 Å². The maximum Gasteiger partial charge on any atom is 0.272 e. The Hall–Kier alpha value is -2.28. The average Bonchev–Trinajstić information content (AvgIpc) is 3.01. The highest BCUT2D eigenvalue weighted by molar-refractivity contribution is 7.13. The Bertz CT molecular complexity index is 739. The first-order valence-corrected chi connectivity index (χ1v) is 6.09. The van der Waals surface area contributed by atoms with Crippen LogP contribution in [-0.2, 0) is 0 Å². The summed E-state index contributed by atoms with van der Waals surface area (Å²) in [6.07, 6.45) is 0. The highest BCUT2D eigenvalue weighted by Gasteiger charge is 2.16. The van der Waals surface area contributed by atoms with Crippen LogP contribution in [0.2, 0.25) is 0 Å². The van der Waals surface area contributed by atoms with E-state index in [-0.39, 0.29) is 17.5 Å². The van der Waals surface area contributed by atoms with Crippen molar-refractivity contribution in [2.45, 2.75) is 0 Å². The van der Waals surface area contributed by atoms with Gasteiger partial charge in [0.1, 0.15) is 10.6 Å². The molecule has 0 aliphatic heterocycles. The molecule has 2 aromatic heterocycles. The number of rotatable bonds is 2. The quantitative estimate of drug-likeness (QED) is 0.781. The highest BCUT2D eigenvalue weighted by atomic mass is 32.1. The summed E-state index contributed by atoms with van der Waals surface area (Å²) >= 11 is 1.24. The van der Waals surface area contributed by atoms with Gasteiger partial charge in [-0.25, -0.2) is 8.78 Å². The predicted molar refractivity (Wildman–Crippen MR) is 64.6 cm³/mol. The molecule has 4 nitrogen and oxygen atoms in total. The molecule has 0 bridgehead atoms. The fourth-order valence-electron chi connectivity index (χ4n) is 1.53. The topological polar surface area (TPSA) is 59.2 Å². The van der Waals surface area contributed by atoms with Crippen LogP contribution in [0, 0.1) is 11.6 Å². The van der Waals surface area contributed by atoms with E-state index >= 15 is 0 Å². The van der Waals surface area contributed by atoms with Gasteiger partial charge >= 0.3 is 0 Å². The monoisotopic (exact) mass is 280 g/mol. The van der Waals surface area contributed by atoms with Gasteiger partial charge in [-0.2, -0.15) is 4.98 Å². The lowest BCUT2D eigenvalue weighted by Gasteiger charge is -1.95. The third kappa shape index (κ3) is 2.08. The average molecular weight is 280 g/mol. The molecule has 0 saturated heterocycles. The number of benzene rings is 1. The molecule has 0 spiro atoms. The van der Waals surface area contributed by atoms with Crippen molar-refractivity contribution in [3.8, 4) is 27.9 Å². The largest absolute Gasteiger partial charge is 0.506 e. The maximum atomic E-state index is 13.1. The molecule has 19 heavy (non-hydrogen) atoms. The molecule has 3 rings (SSSR count). The first kappa shape index (κ1) is 11.8. The molecule has 0 radical (unpaired) electrons. The molecule has 0 atom stereocenters. The van der Waals surface area contributed by atoms with E-state index in [1.807, 2.05) is 0 Å². The van der Waals surface area contributed by atoms with Crippen LogP contribution in [0.25, 0.3) is 22.2 Å². The molecule has 7 heteroatoms. The van der Waals surface area contributed by atoms with Gasteiger partial charge in [0.05, 0.1) is 0 Å². The van der Waals surface area contributed by atoms with Crippen LogP contribution in [0.3, 0.4) is 0 Å². The van der Waals surface area contributed by atoms with E-state index in [4.69, 9.17) is 4.52 Å². The van der Waals surface area contributed by atoms with Gasteiger partial charge in [-0.05, 0) is 29.6 Å². The Morgan fingerprint density at radius 1 is 1.16 bits per heavy atom. The lowest BCUT2D eigenvalue weighted by atomic mass is 10.2. The van der Waals surface area contributed by atoms with Crippen molar-refractivity contribution in [1.29, 1.82) is 0 Å². The lowest BCUT2D eigenvalue weighted by molar-refractivity contribution is 0.427. The molecule has 0 saturated carbocycles. The molecule has 2 heterocycles. The molecular formula is C12H6F2N2O2S. The van der Waals surface area contributed by atoms with Crippen molar-refractivity contribution in [3.63, 3.8) is 0 Å². The second-order valence-corrected chi connectivity index (χ2v) is 4.60. The zero-order valence-electron chi connectivity index (χ0n) is 9.30. The van der Waals surface area contributed by atoms with E-state index in [2.05, 4.69) is 10.1 Å². The van der Waals surface area contributed by atoms with Gasteiger partial charge in [-0.1, -0.05) is 5.16 Å². The smallest absolute Gasteiger partial charge is 0.272 e. The fourth-order valence-corrected chi connectivity index (χ4v) is 2.24. The molecule has 1 N–H and O–H groups in total. The van der Waals surface area contributed by atoms with Crippen molar-refractivity contribution >= 4 is 11.3 Å². The molecule has 3 aromatic rings. The summed E-state index contributed by atoms with van der Waals surface area (Å²) in [6, 6.07) is 4.82. The van der Waals surface area contributed by atoms with Crippen LogP contribution in [0.15, 0.2) is 34.2 Å². The molecule has 1 aromatic carbocycles. The Morgan fingerprint density at radius 3 is 2.68 bits per heavy atom. The summed E-state index contributed by atoms with van der Waals surface area (Å²) < 4.78 is 30.9. The van der Waals surface area contributed by atoms with Crippen molar-refractivity contribution in [3.05, 3.63) is 41.3 Å². The van der Waals surface area contributed by atoms with E-state index in [0.717, 1.165) is 12.1 Å². The third-order valence-corrected chi connectivity index (χ3v) is 3.33. The molecule has 0 amide bonds. The normalized spacial score (nSPS) is 10.8. The summed E-state index contributed by atoms with van der Waals surface area (Å²) in [5.41, 5.74) is 0.296. The minimum Gasteiger partial charge on any atom is -0.506 e. The number of halogens is 2. The van der Waals surface area contributed by atoms with Gasteiger partial charge in [0, 0.05) is 5.56 Å². The summed E-state index contributed by atoms with van der Waals surface area (Å²) in [4.78, 5) is 4.47. The first-order valence-electron chi connectivity index (χ1n) is 5.21. The van der Waals surface area contributed by atoms with Crippen molar-refractivity contribution < 1.29 is 18.4 Å². The fraction of sp³-hybridized carbons (Fsp3) is 0. The zero-order chi connectivity index (χ0) is 13.4. The van der Waals surface area contributed by atoms with Crippen LogP contribution in [0.1, 0.15) is 0 Å². The van der Waals surface area contributed by atoms with Gasteiger partial charge in [0.2, 0.25) is 5.82 Å². The van der Waals surface area contributed by atoms with Crippen molar-refractivity contribution in [2.75, 3.05) is 0 Å². The Labute approximate surface area is 109 Å². The molecule has 0 fully saturated rings. The highest BCUT2D eigenvalue weighted by Crippen LogP contribution is 2.34. The van der Waals surface area contributed by atoms with Crippen LogP contribution in [0.4, 0.5) is 8.78 Å². The Balaban J connectivity index is 2.01. The van der Waals surface area contributed by atoms with E-state index < -0.39 is 11.6 Å². The Morgan fingerprint density at radius 2 is 2.00 bits per heavy atom. The van der Waals surface area contributed by atoms with Gasteiger partial charge < -0.3 is 9.63 Å². The number of hydrogen-bond acceptors (Lipinski definition) is 5. The van der Waals surface area contributed by atoms with Crippen LogP contribution in [-0.4, -0.2) is 15.2 Å². The van der Waals surface area contributed by atoms with Crippen molar-refractivity contribution in [1.82, 2.24) is 10.1 Å². The van der Waals surface area contributed by atoms with Gasteiger partial charge in [-0.3, -0.25) is 0 Å². The second kappa shape index (κ2) is 4.43. The number of thiophene rings is 1. The molecule has 0 aliphatic carbocycles. The number of hydrogen-bond donors (Lipinski definition) is 1. The number of aromatic hydroxyl groups is 1. The Kier molecular flexibility index (Phi) is 2.75. The summed E-state index contributed by atoms with van der Waals surface area (Å²) in [5.74, 6) is -1.63. The SMILES string of the molecule is Oc1ccsc1-c1nc(-c2ccc(F)c(F)c2)no1. The minimum absolute atomic E-state index is 0.0329. The summed E-state index contributed by atoms with van der Waals surface area (Å²) in [6.45, 7) is 0. The van der Waals surface area contributed by atoms with E-state index in [9.17, 15) is 13.9 Å². The van der Waals surface area contributed by atoms with Gasteiger partial charge in [0.15, 0.2) is 11.6 Å². The standard InChI is InChI=1S/C12H6F2N2O2S/c13-7-2-1-6(5-8(7)14)11-15-12(18-16-11)10-9(17)3-4-19-10/h1-5,17H. The molecular weight excluding hydrogens is 274 g/mol. The van der Waals surface area contributed by atoms with E-state index in [1.165, 1.54) is 23.5 Å².